The van der Waals surface area contributed by atoms with Crippen molar-refractivity contribution in [3.8, 4) is 0 Å². The summed E-state index contributed by atoms with van der Waals surface area (Å²) in [6.07, 6.45) is 3.15. The van der Waals surface area contributed by atoms with Gasteiger partial charge in [0.25, 0.3) is 0 Å². The number of hydrogen-bond acceptors (Lipinski definition) is 2. The average molecular weight is 209 g/mol. The zero-order valence-electron chi connectivity index (χ0n) is 9.63. The first-order valence-electron chi connectivity index (χ1n) is 5.29. The number of carbonyl (C=O) groups is 1. The highest BCUT2D eigenvalue weighted by Crippen LogP contribution is 2.27. The van der Waals surface area contributed by atoms with Gasteiger partial charge in [0.15, 0.2) is 0 Å². The number of nitrogens with zero attached hydrogens (tertiary/aromatic N) is 1. The lowest BCUT2D eigenvalue weighted by Crippen LogP contribution is -2.28. The minimum atomic E-state index is -0.603. The summed E-state index contributed by atoms with van der Waals surface area (Å²) in [6, 6.07) is -0.603. The molecule has 84 valence electrons. The van der Waals surface area contributed by atoms with Gasteiger partial charge in [-0.15, -0.1) is 0 Å². The molecule has 1 unspecified atom stereocenters. The summed E-state index contributed by atoms with van der Waals surface area (Å²) in [7, 11) is 0. The van der Waals surface area contributed by atoms with E-state index < -0.39 is 6.03 Å². The van der Waals surface area contributed by atoms with E-state index in [1.165, 1.54) is 17.6 Å². The van der Waals surface area contributed by atoms with Crippen molar-refractivity contribution >= 4 is 11.7 Å². The maximum absolute atomic E-state index is 10.6. The minimum absolute atomic E-state index is 0.603. The largest absolute Gasteiger partial charge is 0.350 e. The average Bonchev–Trinajstić information content (AvgIpc) is 2.14. The van der Waals surface area contributed by atoms with Gasteiger partial charge in [-0.2, -0.15) is 5.10 Å². The number of urea groups is 1. The normalized spacial score (nSPS) is 24.1. The van der Waals surface area contributed by atoms with E-state index in [9.17, 15) is 4.79 Å². The lowest BCUT2D eigenvalue weighted by molar-refractivity contribution is 0.249. The van der Waals surface area contributed by atoms with E-state index in [0.717, 1.165) is 18.6 Å². The monoisotopic (exact) mass is 209 g/mol. The van der Waals surface area contributed by atoms with Gasteiger partial charge in [0.2, 0.25) is 0 Å². The third-order valence-electron chi connectivity index (χ3n) is 2.68. The van der Waals surface area contributed by atoms with E-state index in [-0.39, 0.29) is 0 Å². The van der Waals surface area contributed by atoms with Crippen LogP contribution in [-0.2, 0) is 0 Å². The van der Waals surface area contributed by atoms with Gasteiger partial charge >= 0.3 is 6.03 Å². The SMILES string of the molecule is CC(C)=C1CCC(C)C/C1=N\NC(N)=O. The fraction of sp³-hybridized carbons (Fsp3) is 0.636. The number of allylic oxidation sites excluding steroid dienone is 2. The van der Waals surface area contributed by atoms with Crippen LogP contribution in [-0.4, -0.2) is 11.7 Å². The van der Waals surface area contributed by atoms with Gasteiger partial charge in [0.05, 0.1) is 5.71 Å². The van der Waals surface area contributed by atoms with Gasteiger partial charge in [-0.3, -0.25) is 0 Å². The molecule has 4 heteroatoms. The summed E-state index contributed by atoms with van der Waals surface area (Å²) < 4.78 is 0. The zero-order valence-corrected chi connectivity index (χ0v) is 9.63. The van der Waals surface area contributed by atoms with Crippen LogP contribution in [0, 0.1) is 5.92 Å². The number of nitrogens with two attached hydrogens (primary N) is 1. The number of carbonyl (C=O) groups excluding carboxylic acids is 1. The first-order chi connectivity index (χ1) is 7.00. The third-order valence-corrected chi connectivity index (χ3v) is 2.68. The second-order valence-electron chi connectivity index (χ2n) is 4.36. The first-order valence-corrected chi connectivity index (χ1v) is 5.29. The van der Waals surface area contributed by atoms with E-state index in [1.54, 1.807) is 0 Å². The number of primary amides is 1. The standard InChI is InChI=1S/C11H19N3O/c1-7(2)9-5-4-8(3)6-10(9)13-14-11(12)15/h8H,4-6H2,1-3H3,(H3,12,14,15)/b13-10+. The summed E-state index contributed by atoms with van der Waals surface area (Å²) in [5.74, 6) is 0.626. The molecule has 1 aliphatic carbocycles. The Morgan fingerprint density at radius 1 is 1.53 bits per heavy atom. The summed E-state index contributed by atoms with van der Waals surface area (Å²) in [5.41, 5.74) is 10.8. The van der Waals surface area contributed by atoms with Crippen molar-refractivity contribution in [2.45, 2.75) is 40.0 Å². The molecule has 15 heavy (non-hydrogen) atoms. The Kier molecular flexibility index (Phi) is 3.88. The van der Waals surface area contributed by atoms with Crippen LogP contribution in [0.1, 0.15) is 40.0 Å². The molecule has 1 saturated carbocycles. The molecule has 0 spiro atoms. The van der Waals surface area contributed by atoms with Gasteiger partial charge in [-0.05, 0) is 44.6 Å². The van der Waals surface area contributed by atoms with Gasteiger partial charge in [-0.1, -0.05) is 12.5 Å². The Bertz CT molecular complexity index is 314. The summed E-state index contributed by atoms with van der Waals surface area (Å²) in [5, 5.41) is 4.07. The molecule has 1 rings (SSSR count). The highest BCUT2D eigenvalue weighted by Gasteiger charge is 2.19. The van der Waals surface area contributed by atoms with Crippen LogP contribution >= 0.6 is 0 Å². The van der Waals surface area contributed by atoms with Crippen molar-refractivity contribution in [3.05, 3.63) is 11.1 Å². The van der Waals surface area contributed by atoms with E-state index in [4.69, 9.17) is 5.73 Å². The van der Waals surface area contributed by atoms with Crippen LogP contribution < -0.4 is 11.2 Å². The molecule has 0 radical (unpaired) electrons. The highest BCUT2D eigenvalue weighted by molar-refractivity contribution is 6.01. The lowest BCUT2D eigenvalue weighted by Gasteiger charge is -2.23. The van der Waals surface area contributed by atoms with Crippen molar-refractivity contribution in [3.63, 3.8) is 0 Å². The van der Waals surface area contributed by atoms with Crippen LogP contribution in [0.4, 0.5) is 4.79 Å². The molecule has 0 aromatic carbocycles. The Hall–Kier alpha value is -1.32. The molecule has 4 nitrogen and oxygen atoms in total. The maximum Gasteiger partial charge on any atom is 0.332 e. The number of amides is 2. The van der Waals surface area contributed by atoms with E-state index in [2.05, 4.69) is 31.3 Å². The molecular weight excluding hydrogens is 190 g/mol. The molecular formula is C11H19N3O. The van der Waals surface area contributed by atoms with E-state index >= 15 is 0 Å². The second-order valence-corrected chi connectivity index (χ2v) is 4.36. The summed E-state index contributed by atoms with van der Waals surface area (Å²) in [6.45, 7) is 6.35. The number of nitrogens with one attached hydrogen (secondary N) is 1. The van der Waals surface area contributed by atoms with Crippen molar-refractivity contribution in [1.82, 2.24) is 5.43 Å². The number of hydrogen-bond donors (Lipinski definition) is 2. The second kappa shape index (κ2) is 4.96. The van der Waals surface area contributed by atoms with E-state index in [1.807, 2.05) is 0 Å². The first kappa shape index (κ1) is 11.8. The third kappa shape index (κ3) is 3.38. The Morgan fingerprint density at radius 2 is 2.20 bits per heavy atom. The predicted molar refractivity (Wildman–Crippen MR) is 61.5 cm³/mol. The molecule has 2 amide bonds. The van der Waals surface area contributed by atoms with Crippen molar-refractivity contribution < 1.29 is 4.79 Å². The molecule has 0 heterocycles. The Balaban J connectivity index is 2.84. The molecule has 3 N–H and O–H groups in total. The smallest absolute Gasteiger partial charge is 0.332 e. The van der Waals surface area contributed by atoms with Crippen molar-refractivity contribution in [2.75, 3.05) is 0 Å². The number of rotatable bonds is 1. The van der Waals surface area contributed by atoms with Gasteiger partial charge in [0, 0.05) is 0 Å². The molecule has 1 atom stereocenters. The van der Waals surface area contributed by atoms with Crippen molar-refractivity contribution in [1.29, 1.82) is 0 Å². The lowest BCUT2D eigenvalue weighted by atomic mass is 9.84. The number of hydrazone groups is 1. The molecule has 1 aliphatic rings. The predicted octanol–water partition coefficient (Wildman–Crippen LogP) is 2.17. The Labute approximate surface area is 90.6 Å². The quantitative estimate of drug-likeness (QED) is 0.638. The van der Waals surface area contributed by atoms with E-state index in [0.29, 0.717) is 5.92 Å². The minimum Gasteiger partial charge on any atom is -0.350 e. The van der Waals surface area contributed by atoms with Crippen LogP contribution in [0.25, 0.3) is 0 Å². The molecule has 0 bridgehead atoms. The van der Waals surface area contributed by atoms with Gasteiger partial charge < -0.3 is 5.73 Å². The molecule has 1 fully saturated rings. The highest BCUT2D eigenvalue weighted by atomic mass is 16.2. The van der Waals surface area contributed by atoms with Gasteiger partial charge in [-0.25, -0.2) is 10.2 Å². The van der Waals surface area contributed by atoms with Crippen molar-refractivity contribution in [2.24, 2.45) is 16.8 Å². The summed E-state index contributed by atoms with van der Waals surface area (Å²) >= 11 is 0. The topological polar surface area (TPSA) is 67.5 Å². The summed E-state index contributed by atoms with van der Waals surface area (Å²) in [4.78, 5) is 10.6. The fourth-order valence-electron chi connectivity index (χ4n) is 1.86. The Morgan fingerprint density at radius 3 is 2.73 bits per heavy atom. The van der Waals surface area contributed by atoms with Crippen LogP contribution in [0.15, 0.2) is 16.2 Å². The molecule has 0 aromatic heterocycles. The molecule has 0 aliphatic heterocycles. The van der Waals surface area contributed by atoms with Gasteiger partial charge in [0.1, 0.15) is 0 Å². The fourth-order valence-corrected chi connectivity index (χ4v) is 1.86. The molecule has 0 aromatic rings. The molecule has 0 saturated heterocycles. The van der Waals surface area contributed by atoms with Crippen LogP contribution in [0.3, 0.4) is 0 Å². The van der Waals surface area contributed by atoms with Crippen LogP contribution in [0.5, 0.6) is 0 Å². The zero-order chi connectivity index (χ0) is 11.4. The maximum atomic E-state index is 10.6. The van der Waals surface area contributed by atoms with Crippen LogP contribution in [0.2, 0.25) is 0 Å².